The van der Waals surface area contributed by atoms with Gasteiger partial charge in [0.1, 0.15) is 4.60 Å². The summed E-state index contributed by atoms with van der Waals surface area (Å²) >= 11 is 3.45. The van der Waals surface area contributed by atoms with Gasteiger partial charge < -0.3 is 4.74 Å². The van der Waals surface area contributed by atoms with Gasteiger partial charge in [-0.1, -0.05) is 0 Å². The molecule has 1 aromatic heterocycles. The van der Waals surface area contributed by atoms with E-state index in [-0.39, 0.29) is 5.54 Å². The van der Waals surface area contributed by atoms with Gasteiger partial charge in [0.25, 0.3) is 0 Å². The zero-order valence-electron chi connectivity index (χ0n) is 8.09. The van der Waals surface area contributed by atoms with Gasteiger partial charge in [0.05, 0.1) is 24.4 Å². The molecule has 0 spiro atoms. The fourth-order valence-electron chi connectivity index (χ4n) is 1.55. The Labute approximate surface area is 86.2 Å². The Balaban J connectivity index is 2.55. The number of aromatic nitrogens is 2. The highest BCUT2D eigenvalue weighted by molar-refractivity contribution is 9.10. The van der Waals surface area contributed by atoms with E-state index in [2.05, 4.69) is 41.8 Å². The zero-order chi connectivity index (χ0) is 9.64. The lowest BCUT2D eigenvalue weighted by atomic mass is 10.1. The van der Waals surface area contributed by atoms with E-state index in [1.54, 1.807) is 0 Å². The van der Waals surface area contributed by atoms with Gasteiger partial charge in [-0.25, -0.2) is 0 Å². The molecule has 72 valence electrons. The maximum absolute atomic E-state index is 5.38. The van der Waals surface area contributed by atoms with Crippen LogP contribution in [0.1, 0.15) is 32.0 Å². The zero-order valence-corrected chi connectivity index (χ0v) is 9.68. The Kier molecular flexibility index (Phi) is 2.00. The van der Waals surface area contributed by atoms with Crippen LogP contribution >= 0.6 is 15.9 Å². The SMILES string of the molecule is CC(C)(C)n1nc(Br)c2c1COC2. The highest BCUT2D eigenvalue weighted by Crippen LogP contribution is 2.30. The van der Waals surface area contributed by atoms with Crippen molar-refractivity contribution in [1.29, 1.82) is 0 Å². The topological polar surface area (TPSA) is 27.1 Å². The number of ether oxygens (including phenoxy) is 1. The van der Waals surface area contributed by atoms with Crippen molar-refractivity contribution in [2.75, 3.05) is 0 Å². The lowest BCUT2D eigenvalue weighted by molar-refractivity contribution is 0.125. The van der Waals surface area contributed by atoms with Crippen LogP contribution < -0.4 is 0 Å². The summed E-state index contributed by atoms with van der Waals surface area (Å²) in [6, 6.07) is 0. The largest absolute Gasteiger partial charge is 0.370 e. The summed E-state index contributed by atoms with van der Waals surface area (Å²) in [5.74, 6) is 0. The molecule has 0 amide bonds. The summed E-state index contributed by atoms with van der Waals surface area (Å²) in [6.07, 6.45) is 0. The van der Waals surface area contributed by atoms with Gasteiger partial charge in [-0.2, -0.15) is 5.10 Å². The number of rotatable bonds is 0. The lowest BCUT2D eigenvalue weighted by Gasteiger charge is -2.21. The molecule has 0 unspecified atom stereocenters. The summed E-state index contributed by atoms with van der Waals surface area (Å²) in [5, 5.41) is 4.46. The third-order valence-electron chi connectivity index (χ3n) is 2.16. The van der Waals surface area contributed by atoms with E-state index < -0.39 is 0 Å². The van der Waals surface area contributed by atoms with Crippen LogP contribution in [0, 0.1) is 0 Å². The second-order valence-electron chi connectivity index (χ2n) is 4.29. The molecule has 2 heterocycles. The second-order valence-corrected chi connectivity index (χ2v) is 5.04. The quantitative estimate of drug-likeness (QED) is 0.701. The van der Waals surface area contributed by atoms with Crippen molar-refractivity contribution in [3.8, 4) is 0 Å². The van der Waals surface area contributed by atoms with E-state index in [1.807, 2.05) is 4.68 Å². The third kappa shape index (κ3) is 1.42. The molecular formula is C9H13BrN2O. The second kappa shape index (κ2) is 2.82. The van der Waals surface area contributed by atoms with Crippen LogP contribution in [0.4, 0.5) is 0 Å². The summed E-state index contributed by atoms with van der Waals surface area (Å²) in [6.45, 7) is 7.80. The molecule has 1 aliphatic rings. The van der Waals surface area contributed by atoms with Gasteiger partial charge in [-0.15, -0.1) is 0 Å². The molecule has 0 saturated carbocycles. The van der Waals surface area contributed by atoms with Crippen LogP contribution in [0.5, 0.6) is 0 Å². The maximum Gasteiger partial charge on any atom is 0.134 e. The van der Waals surface area contributed by atoms with Gasteiger partial charge in [0.2, 0.25) is 0 Å². The molecule has 0 aromatic carbocycles. The number of fused-ring (bicyclic) bond motifs is 1. The molecular weight excluding hydrogens is 232 g/mol. The molecule has 0 N–H and O–H groups in total. The summed E-state index contributed by atoms with van der Waals surface area (Å²) in [5.41, 5.74) is 2.44. The number of hydrogen-bond donors (Lipinski definition) is 0. The van der Waals surface area contributed by atoms with Crippen molar-refractivity contribution in [2.45, 2.75) is 39.5 Å². The van der Waals surface area contributed by atoms with E-state index in [4.69, 9.17) is 4.74 Å². The number of nitrogens with zero attached hydrogens (tertiary/aromatic N) is 2. The van der Waals surface area contributed by atoms with E-state index in [9.17, 15) is 0 Å². The molecule has 0 saturated heterocycles. The highest BCUT2D eigenvalue weighted by Gasteiger charge is 2.27. The van der Waals surface area contributed by atoms with E-state index in [0.717, 1.165) is 4.60 Å². The van der Waals surface area contributed by atoms with Crippen molar-refractivity contribution >= 4 is 15.9 Å². The normalized spacial score (nSPS) is 16.3. The van der Waals surface area contributed by atoms with Gasteiger partial charge >= 0.3 is 0 Å². The highest BCUT2D eigenvalue weighted by atomic mass is 79.9. The first-order valence-electron chi connectivity index (χ1n) is 4.34. The van der Waals surface area contributed by atoms with Crippen LogP contribution in [0.3, 0.4) is 0 Å². The molecule has 1 aliphatic heterocycles. The summed E-state index contributed by atoms with van der Waals surface area (Å²) in [7, 11) is 0. The number of hydrogen-bond acceptors (Lipinski definition) is 2. The number of halogens is 1. The fraction of sp³-hybridized carbons (Fsp3) is 0.667. The van der Waals surface area contributed by atoms with E-state index >= 15 is 0 Å². The first kappa shape index (κ1) is 9.21. The van der Waals surface area contributed by atoms with E-state index in [0.29, 0.717) is 13.2 Å². The van der Waals surface area contributed by atoms with Gasteiger partial charge in [-0.05, 0) is 36.7 Å². The van der Waals surface area contributed by atoms with Gasteiger partial charge in [0, 0.05) is 5.56 Å². The molecule has 0 fully saturated rings. The average Bonchev–Trinajstić information content (AvgIpc) is 2.51. The Morgan fingerprint density at radius 2 is 2.08 bits per heavy atom. The monoisotopic (exact) mass is 244 g/mol. The Morgan fingerprint density at radius 3 is 2.69 bits per heavy atom. The van der Waals surface area contributed by atoms with Gasteiger partial charge in [-0.3, -0.25) is 4.68 Å². The molecule has 0 aliphatic carbocycles. The third-order valence-corrected chi connectivity index (χ3v) is 2.80. The standard InChI is InChI=1S/C9H13BrN2O/c1-9(2,3)12-7-5-13-4-6(7)8(10)11-12/h4-5H2,1-3H3. The van der Waals surface area contributed by atoms with Crippen molar-refractivity contribution in [1.82, 2.24) is 9.78 Å². The molecule has 1 aromatic rings. The van der Waals surface area contributed by atoms with Crippen molar-refractivity contribution in [3.05, 3.63) is 15.9 Å². The summed E-state index contributed by atoms with van der Waals surface area (Å²) < 4.78 is 8.35. The van der Waals surface area contributed by atoms with Crippen LogP contribution in [-0.4, -0.2) is 9.78 Å². The minimum atomic E-state index is 0.0316. The molecule has 13 heavy (non-hydrogen) atoms. The van der Waals surface area contributed by atoms with Crippen molar-refractivity contribution < 1.29 is 4.74 Å². The molecule has 4 heteroatoms. The summed E-state index contributed by atoms with van der Waals surface area (Å²) in [4.78, 5) is 0. The minimum Gasteiger partial charge on any atom is -0.370 e. The maximum atomic E-state index is 5.38. The average molecular weight is 245 g/mol. The van der Waals surface area contributed by atoms with Gasteiger partial charge in [0.15, 0.2) is 0 Å². The Bertz CT molecular complexity index is 338. The minimum absolute atomic E-state index is 0.0316. The fourth-order valence-corrected chi connectivity index (χ4v) is 2.05. The predicted molar refractivity (Wildman–Crippen MR) is 53.4 cm³/mol. The van der Waals surface area contributed by atoms with Crippen molar-refractivity contribution in [2.24, 2.45) is 0 Å². The first-order valence-corrected chi connectivity index (χ1v) is 5.14. The lowest BCUT2D eigenvalue weighted by Crippen LogP contribution is -2.25. The van der Waals surface area contributed by atoms with Crippen LogP contribution in [0.2, 0.25) is 0 Å². The predicted octanol–water partition coefficient (Wildman–Crippen LogP) is 2.43. The molecule has 0 atom stereocenters. The van der Waals surface area contributed by atoms with Crippen LogP contribution in [-0.2, 0) is 23.5 Å². The molecule has 0 radical (unpaired) electrons. The molecule has 2 rings (SSSR count). The molecule has 3 nitrogen and oxygen atoms in total. The van der Waals surface area contributed by atoms with Crippen LogP contribution in [0.15, 0.2) is 4.60 Å². The Hall–Kier alpha value is -0.350. The molecule has 0 bridgehead atoms. The van der Waals surface area contributed by atoms with Crippen LogP contribution in [0.25, 0.3) is 0 Å². The van der Waals surface area contributed by atoms with Crippen molar-refractivity contribution in [3.63, 3.8) is 0 Å². The Morgan fingerprint density at radius 1 is 1.38 bits per heavy atom. The smallest absolute Gasteiger partial charge is 0.134 e. The van der Waals surface area contributed by atoms with E-state index in [1.165, 1.54) is 11.3 Å². The first-order chi connectivity index (χ1) is 6.00.